The van der Waals surface area contributed by atoms with Crippen LogP contribution < -0.4 is 15.2 Å². The Morgan fingerprint density at radius 1 is 1.23 bits per heavy atom. The Kier molecular flexibility index (Phi) is 5.98. The molecule has 2 aromatic rings. The van der Waals surface area contributed by atoms with Gasteiger partial charge < -0.3 is 19.3 Å². The topological polar surface area (TPSA) is 76.9 Å². The molecule has 160 valence electrons. The summed E-state index contributed by atoms with van der Waals surface area (Å²) < 4.78 is 25.7. The molecule has 0 radical (unpaired) electrons. The van der Waals surface area contributed by atoms with Crippen LogP contribution in [-0.4, -0.2) is 67.1 Å². The molecule has 1 amide bonds. The van der Waals surface area contributed by atoms with Crippen molar-refractivity contribution in [2.24, 2.45) is 0 Å². The highest BCUT2D eigenvalue weighted by Crippen LogP contribution is 2.24. The van der Waals surface area contributed by atoms with E-state index in [1.165, 1.54) is 23.9 Å². The van der Waals surface area contributed by atoms with E-state index in [0.29, 0.717) is 26.3 Å². The third-order valence-electron chi connectivity index (χ3n) is 5.62. The van der Waals surface area contributed by atoms with Gasteiger partial charge in [-0.25, -0.2) is 9.07 Å². The normalized spacial score (nSPS) is 19.6. The maximum Gasteiger partial charge on any atom is 0.269 e. The minimum Gasteiger partial charge on any atom is -0.494 e. The van der Waals surface area contributed by atoms with Crippen LogP contribution in [0.4, 0.5) is 10.1 Å². The quantitative estimate of drug-likeness (QED) is 0.755. The number of morpholine rings is 1. The lowest BCUT2D eigenvalue weighted by Gasteiger charge is -2.33. The van der Waals surface area contributed by atoms with Crippen molar-refractivity contribution in [2.45, 2.75) is 18.9 Å². The van der Waals surface area contributed by atoms with Gasteiger partial charge in [-0.15, -0.1) is 0 Å². The van der Waals surface area contributed by atoms with Gasteiger partial charge in [0.15, 0.2) is 11.6 Å². The van der Waals surface area contributed by atoms with E-state index in [0.717, 1.165) is 31.6 Å². The minimum absolute atomic E-state index is 0.0965. The van der Waals surface area contributed by atoms with E-state index >= 15 is 0 Å². The predicted octanol–water partition coefficient (Wildman–Crippen LogP) is 1.70. The van der Waals surface area contributed by atoms with Crippen LogP contribution in [0.1, 0.15) is 29.2 Å². The lowest BCUT2D eigenvalue weighted by atomic mass is 10.0. The van der Waals surface area contributed by atoms with Gasteiger partial charge in [-0.1, -0.05) is 0 Å². The zero-order chi connectivity index (χ0) is 21.1. The highest BCUT2D eigenvalue weighted by Gasteiger charge is 2.27. The molecule has 0 bridgehead atoms. The van der Waals surface area contributed by atoms with Gasteiger partial charge in [-0.3, -0.25) is 9.59 Å². The largest absolute Gasteiger partial charge is 0.494 e. The van der Waals surface area contributed by atoms with Crippen LogP contribution in [0.15, 0.2) is 35.3 Å². The number of hydrogen-bond donors (Lipinski definition) is 0. The van der Waals surface area contributed by atoms with E-state index in [1.807, 2.05) is 0 Å². The zero-order valence-corrected chi connectivity index (χ0v) is 16.9. The van der Waals surface area contributed by atoms with Crippen LogP contribution in [0.25, 0.3) is 0 Å². The summed E-state index contributed by atoms with van der Waals surface area (Å²) in [5.74, 6) is -0.744. The van der Waals surface area contributed by atoms with E-state index < -0.39 is 5.82 Å². The molecule has 2 fully saturated rings. The van der Waals surface area contributed by atoms with Crippen molar-refractivity contribution >= 4 is 11.6 Å². The summed E-state index contributed by atoms with van der Waals surface area (Å²) in [6.07, 6.45) is 3.20. The average molecular weight is 416 g/mol. The summed E-state index contributed by atoms with van der Waals surface area (Å²) in [5, 5.41) is 4.39. The lowest BCUT2D eigenvalue weighted by Crippen LogP contribution is -2.44. The molecule has 0 spiro atoms. The fourth-order valence-electron chi connectivity index (χ4n) is 4.00. The molecule has 8 nitrogen and oxygen atoms in total. The van der Waals surface area contributed by atoms with Crippen molar-refractivity contribution in [3.8, 4) is 5.75 Å². The third-order valence-corrected chi connectivity index (χ3v) is 5.62. The number of aromatic nitrogens is 2. The molecule has 0 unspecified atom stereocenters. The molecule has 9 heteroatoms. The molecule has 2 saturated heterocycles. The Hall–Kier alpha value is -2.94. The van der Waals surface area contributed by atoms with Gasteiger partial charge in [0.05, 0.1) is 38.2 Å². The van der Waals surface area contributed by atoms with E-state index in [1.54, 1.807) is 23.2 Å². The SMILES string of the molecule is COc1ccc(C(=O)N2CCC[C@@H](n3ncc(N4CCOCC4)cc3=O)C2)cc1F. The number of amides is 1. The van der Waals surface area contributed by atoms with Crippen LogP contribution in [-0.2, 0) is 4.74 Å². The Morgan fingerprint density at radius 2 is 2.03 bits per heavy atom. The first kappa shape index (κ1) is 20.3. The molecular weight excluding hydrogens is 391 g/mol. The Bertz CT molecular complexity index is 974. The number of methoxy groups -OCH3 is 1. The predicted molar refractivity (Wildman–Crippen MR) is 109 cm³/mol. The van der Waals surface area contributed by atoms with Crippen molar-refractivity contribution in [1.82, 2.24) is 14.7 Å². The lowest BCUT2D eigenvalue weighted by molar-refractivity contribution is 0.0669. The number of anilines is 1. The van der Waals surface area contributed by atoms with Crippen LogP contribution in [0.2, 0.25) is 0 Å². The summed E-state index contributed by atoms with van der Waals surface area (Å²) in [5.41, 5.74) is 0.864. The number of nitrogens with zero attached hydrogens (tertiary/aromatic N) is 4. The van der Waals surface area contributed by atoms with Crippen molar-refractivity contribution in [3.05, 3.63) is 52.2 Å². The summed E-state index contributed by atoms with van der Waals surface area (Å²) in [7, 11) is 1.38. The Labute approximate surface area is 173 Å². The second-order valence-electron chi connectivity index (χ2n) is 7.49. The second kappa shape index (κ2) is 8.83. The molecular formula is C21H25FN4O4. The maximum absolute atomic E-state index is 14.0. The number of piperidine rings is 1. The fraction of sp³-hybridized carbons (Fsp3) is 0.476. The van der Waals surface area contributed by atoms with Crippen LogP contribution >= 0.6 is 0 Å². The molecule has 0 aliphatic carbocycles. The fourth-order valence-corrected chi connectivity index (χ4v) is 4.00. The van der Waals surface area contributed by atoms with E-state index in [4.69, 9.17) is 9.47 Å². The van der Waals surface area contributed by atoms with Gasteiger partial charge >= 0.3 is 0 Å². The smallest absolute Gasteiger partial charge is 0.269 e. The van der Waals surface area contributed by atoms with Crippen molar-refractivity contribution < 1.29 is 18.7 Å². The molecule has 1 aromatic heterocycles. The molecule has 30 heavy (non-hydrogen) atoms. The molecule has 0 N–H and O–H groups in total. The van der Waals surface area contributed by atoms with Gasteiger partial charge in [0, 0.05) is 37.8 Å². The van der Waals surface area contributed by atoms with Crippen LogP contribution in [0.3, 0.4) is 0 Å². The first-order valence-electron chi connectivity index (χ1n) is 10.1. The first-order chi connectivity index (χ1) is 14.6. The first-order valence-corrected chi connectivity index (χ1v) is 10.1. The van der Waals surface area contributed by atoms with E-state index in [-0.39, 0.29) is 28.8 Å². The number of likely N-dealkylation sites (tertiary alicyclic amines) is 1. The molecule has 2 aliphatic rings. The summed E-state index contributed by atoms with van der Waals surface area (Å²) >= 11 is 0. The number of benzene rings is 1. The molecule has 1 aromatic carbocycles. The highest BCUT2D eigenvalue weighted by atomic mass is 19.1. The van der Waals surface area contributed by atoms with Gasteiger partial charge in [0.25, 0.3) is 11.5 Å². The average Bonchev–Trinajstić information content (AvgIpc) is 2.79. The molecule has 3 heterocycles. The summed E-state index contributed by atoms with van der Waals surface area (Å²) in [4.78, 5) is 29.3. The van der Waals surface area contributed by atoms with Crippen LogP contribution in [0.5, 0.6) is 5.75 Å². The number of carbonyl (C=O) groups is 1. The van der Waals surface area contributed by atoms with Gasteiger partial charge in [-0.2, -0.15) is 5.10 Å². The molecule has 2 aliphatic heterocycles. The minimum atomic E-state index is -0.575. The van der Waals surface area contributed by atoms with Crippen LogP contribution in [0, 0.1) is 5.82 Å². The van der Waals surface area contributed by atoms with E-state index in [9.17, 15) is 14.0 Å². The monoisotopic (exact) mass is 416 g/mol. The number of carbonyl (C=O) groups excluding carboxylic acids is 1. The molecule has 0 saturated carbocycles. The second-order valence-corrected chi connectivity index (χ2v) is 7.49. The number of hydrogen-bond acceptors (Lipinski definition) is 6. The maximum atomic E-state index is 14.0. The number of rotatable bonds is 4. The zero-order valence-electron chi connectivity index (χ0n) is 16.9. The number of halogens is 1. The van der Waals surface area contributed by atoms with Crippen molar-refractivity contribution in [2.75, 3.05) is 51.4 Å². The van der Waals surface area contributed by atoms with Crippen molar-refractivity contribution in [3.63, 3.8) is 0 Å². The van der Waals surface area contributed by atoms with Gasteiger partial charge in [0.1, 0.15) is 0 Å². The van der Waals surface area contributed by atoms with Crippen molar-refractivity contribution in [1.29, 1.82) is 0 Å². The summed E-state index contributed by atoms with van der Waals surface area (Å²) in [6, 6.07) is 5.57. The Morgan fingerprint density at radius 3 is 2.73 bits per heavy atom. The Balaban J connectivity index is 1.49. The number of ether oxygens (including phenoxy) is 2. The van der Waals surface area contributed by atoms with Gasteiger partial charge in [-0.05, 0) is 31.0 Å². The third kappa shape index (κ3) is 4.16. The molecule has 1 atom stereocenters. The molecule has 4 rings (SSSR count). The highest BCUT2D eigenvalue weighted by molar-refractivity contribution is 5.94. The van der Waals surface area contributed by atoms with Gasteiger partial charge in [0.2, 0.25) is 0 Å². The standard InChI is InChI=1S/C21H25FN4O4/c1-29-19-5-4-15(11-18(19)22)21(28)25-6-2-3-16(14-25)26-20(27)12-17(13-23-26)24-7-9-30-10-8-24/h4-5,11-13,16H,2-3,6-10,14H2,1H3/t16-/m1/s1. The van der Waals surface area contributed by atoms with E-state index in [2.05, 4.69) is 10.00 Å². The summed E-state index contributed by atoms with van der Waals surface area (Å²) in [6.45, 7) is 3.65.